The summed E-state index contributed by atoms with van der Waals surface area (Å²) in [4.78, 5) is 49.4. The zero-order chi connectivity index (χ0) is 18.8. The summed E-state index contributed by atoms with van der Waals surface area (Å²) < 4.78 is 4.89. The van der Waals surface area contributed by atoms with E-state index in [-0.39, 0.29) is 11.8 Å². The van der Waals surface area contributed by atoms with Gasteiger partial charge < -0.3 is 15.4 Å². The van der Waals surface area contributed by atoms with Crippen molar-refractivity contribution in [3.63, 3.8) is 0 Å². The van der Waals surface area contributed by atoms with Crippen molar-refractivity contribution in [1.29, 1.82) is 0 Å². The SMILES string of the molecule is C[C@@H]1CCCC[C@@]12NC(=O)N(CC(=O)OCC(=O)NC(C)(C)C)C2=O. The Morgan fingerprint density at radius 1 is 1.32 bits per heavy atom. The first kappa shape index (κ1) is 19.2. The van der Waals surface area contributed by atoms with Crippen molar-refractivity contribution in [2.75, 3.05) is 13.2 Å². The average Bonchev–Trinajstić information content (AvgIpc) is 2.72. The Kier molecular flexibility index (Phi) is 5.39. The van der Waals surface area contributed by atoms with Crippen molar-refractivity contribution < 1.29 is 23.9 Å². The predicted molar refractivity (Wildman–Crippen MR) is 89.5 cm³/mol. The molecule has 2 rings (SSSR count). The van der Waals surface area contributed by atoms with Crippen LogP contribution in [-0.2, 0) is 19.1 Å². The molecule has 1 spiro atoms. The highest BCUT2D eigenvalue weighted by molar-refractivity contribution is 6.09. The Balaban J connectivity index is 1.91. The minimum absolute atomic E-state index is 0.0243. The monoisotopic (exact) mass is 353 g/mol. The van der Waals surface area contributed by atoms with Crippen LogP contribution in [0.5, 0.6) is 0 Å². The lowest BCUT2D eigenvalue weighted by Crippen LogP contribution is -2.54. The van der Waals surface area contributed by atoms with Gasteiger partial charge in [-0.25, -0.2) is 4.79 Å². The zero-order valence-electron chi connectivity index (χ0n) is 15.3. The summed E-state index contributed by atoms with van der Waals surface area (Å²) in [5, 5.41) is 5.43. The summed E-state index contributed by atoms with van der Waals surface area (Å²) in [6.45, 7) is 6.44. The van der Waals surface area contributed by atoms with Crippen LogP contribution in [0.2, 0.25) is 0 Å². The molecule has 1 saturated heterocycles. The summed E-state index contributed by atoms with van der Waals surface area (Å²) in [6.07, 6.45) is 3.33. The van der Waals surface area contributed by atoms with Crippen LogP contribution >= 0.6 is 0 Å². The highest BCUT2D eigenvalue weighted by Gasteiger charge is 2.55. The molecule has 25 heavy (non-hydrogen) atoms. The summed E-state index contributed by atoms with van der Waals surface area (Å²) in [5.41, 5.74) is -1.34. The van der Waals surface area contributed by atoms with E-state index in [1.807, 2.05) is 27.7 Å². The molecule has 140 valence electrons. The molecule has 2 fully saturated rings. The molecule has 1 saturated carbocycles. The molecule has 0 aromatic carbocycles. The highest BCUT2D eigenvalue weighted by Crippen LogP contribution is 2.38. The van der Waals surface area contributed by atoms with Gasteiger partial charge in [0.2, 0.25) is 0 Å². The number of imide groups is 1. The van der Waals surface area contributed by atoms with Gasteiger partial charge in [0.1, 0.15) is 12.1 Å². The second-order valence-electron chi connectivity index (χ2n) is 7.90. The second-order valence-corrected chi connectivity index (χ2v) is 7.90. The molecular formula is C17H27N3O5. The number of hydrogen-bond acceptors (Lipinski definition) is 5. The van der Waals surface area contributed by atoms with Crippen LogP contribution in [0, 0.1) is 5.92 Å². The van der Waals surface area contributed by atoms with Gasteiger partial charge in [0, 0.05) is 5.54 Å². The Labute approximate surface area is 147 Å². The van der Waals surface area contributed by atoms with E-state index in [1.165, 1.54) is 0 Å². The number of hydrogen-bond donors (Lipinski definition) is 2. The third kappa shape index (κ3) is 4.29. The van der Waals surface area contributed by atoms with Crippen molar-refractivity contribution in [2.45, 2.75) is 64.5 Å². The normalized spacial score (nSPS) is 26.6. The van der Waals surface area contributed by atoms with Crippen molar-refractivity contribution in [1.82, 2.24) is 15.5 Å². The predicted octanol–water partition coefficient (Wildman–Crippen LogP) is 0.945. The second kappa shape index (κ2) is 7.01. The smallest absolute Gasteiger partial charge is 0.326 e. The molecule has 0 aromatic rings. The number of esters is 1. The molecular weight excluding hydrogens is 326 g/mol. The third-order valence-electron chi connectivity index (χ3n) is 4.67. The van der Waals surface area contributed by atoms with Crippen LogP contribution < -0.4 is 10.6 Å². The Hall–Kier alpha value is -2.12. The fourth-order valence-corrected chi connectivity index (χ4v) is 3.41. The van der Waals surface area contributed by atoms with Crippen molar-refractivity contribution >= 4 is 23.8 Å². The van der Waals surface area contributed by atoms with Crippen molar-refractivity contribution in [3.8, 4) is 0 Å². The van der Waals surface area contributed by atoms with Gasteiger partial charge in [0.05, 0.1) is 0 Å². The van der Waals surface area contributed by atoms with Crippen molar-refractivity contribution in [3.05, 3.63) is 0 Å². The van der Waals surface area contributed by atoms with Crippen molar-refractivity contribution in [2.24, 2.45) is 5.92 Å². The lowest BCUT2D eigenvalue weighted by molar-refractivity contribution is -0.151. The number of nitrogens with one attached hydrogen (secondary N) is 2. The van der Waals surface area contributed by atoms with Crippen LogP contribution in [0.15, 0.2) is 0 Å². The van der Waals surface area contributed by atoms with Crippen LogP contribution in [0.4, 0.5) is 4.79 Å². The van der Waals surface area contributed by atoms with Gasteiger partial charge in [-0.05, 0) is 39.5 Å². The number of ether oxygens (including phenoxy) is 1. The highest BCUT2D eigenvalue weighted by atomic mass is 16.5. The lowest BCUT2D eigenvalue weighted by atomic mass is 9.73. The summed E-state index contributed by atoms with van der Waals surface area (Å²) >= 11 is 0. The molecule has 0 unspecified atom stereocenters. The summed E-state index contributed by atoms with van der Waals surface area (Å²) in [5.74, 6) is -1.57. The maximum Gasteiger partial charge on any atom is 0.326 e. The zero-order valence-corrected chi connectivity index (χ0v) is 15.3. The van der Waals surface area contributed by atoms with E-state index in [9.17, 15) is 19.2 Å². The van der Waals surface area contributed by atoms with Gasteiger partial charge in [0.15, 0.2) is 6.61 Å². The number of carbonyl (C=O) groups is 4. The fraction of sp³-hybridized carbons (Fsp3) is 0.765. The number of carbonyl (C=O) groups excluding carboxylic acids is 4. The first-order chi connectivity index (χ1) is 11.5. The fourth-order valence-electron chi connectivity index (χ4n) is 3.41. The molecule has 2 aliphatic rings. The summed E-state index contributed by atoms with van der Waals surface area (Å²) in [6, 6.07) is -0.574. The van der Waals surface area contributed by atoms with E-state index in [4.69, 9.17) is 4.74 Å². The molecule has 1 heterocycles. The molecule has 0 radical (unpaired) electrons. The first-order valence-corrected chi connectivity index (χ1v) is 8.66. The number of rotatable bonds is 4. The van der Waals surface area contributed by atoms with Gasteiger partial charge in [-0.2, -0.15) is 0 Å². The number of amides is 4. The molecule has 2 N–H and O–H groups in total. The topological polar surface area (TPSA) is 105 Å². The van der Waals surface area contributed by atoms with E-state index >= 15 is 0 Å². The number of nitrogens with zero attached hydrogens (tertiary/aromatic N) is 1. The average molecular weight is 353 g/mol. The first-order valence-electron chi connectivity index (χ1n) is 8.66. The molecule has 1 aliphatic carbocycles. The molecule has 0 bridgehead atoms. The molecule has 0 aromatic heterocycles. The molecule has 8 heteroatoms. The Morgan fingerprint density at radius 3 is 2.60 bits per heavy atom. The van der Waals surface area contributed by atoms with Crippen LogP contribution in [0.1, 0.15) is 53.4 Å². The third-order valence-corrected chi connectivity index (χ3v) is 4.67. The van der Waals surface area contributed by atoms with Gasteiger partial charge in [0.25, 0.3) is 11.8 Å². The quantitative estimate of drug-likeness (QED) is 0.578. The number of urea groups is 1. The molecule has 1 aliphatic heterocycles. The minimum atomic E-state index is -0.904. The Bertz CT molecular complexity index is 583. The maximum absolute atomic E-state index is 12.7. The maximum atomic E-state index is 12.7. The molecule has 8 nitrogen and oxygen atoms in total. The van der Waals surface area contributed by atoms with Gasteiger partial charge >= 0.3 is 12.0 Å². The van der Waals surface area contributed by atoms with E-state index in [1.54, 1.807) is 0 Å². The van der Waals surface area contributed by atoms with E-state index in [0.29, 0.717) is 6.42 Å². The summed E-state index contributed by atoms with van der Waals surface area (Å²) in [7, 11) is 0. The van der Waals surface area contributed by atoms with E-state index in [2.05, 4.69) is 10.6 Å². The van der Waals surface area contributed by atoms with Crippen LogP contribution in [0.3, 0.4) is 0 Å². The Morgan fingerprint density at radius 2 is 2.00 bits per heavy atom. The van der Waals surface area contributed by atoms with E-state index in [0.717, 1.165) is 24.2 Å². The lowest BCUT2D eigenvalue weighted by Gasteiger charge is -2.36. The minimum Gasteiger partial charge on any atom is -0.454 e. The molecule has 4 amide bonds. The van der Waals surface area contributed by atoms with Crippen LogP contribution in [0.25, 0.3) is 0 Å². The van der Waals surface area contributed by atoms with Gasteiger partial charge in [-0.3, -0.25) is 19.3 Å². The standard InChI is InChI=1S/C17H27N3O5/c1-11-7-5-6-8-17(11)14(23)20(15(24)19-17)9-13(22)25-10-12(21)18-16(2,3)4/h11H,5-10H2,1-4H3,(H,18,21)(H,19,24)/t11-,17-/m1/s1. The molecule has 2 atom stereocenters. The van der Waals surface area contributed by atoms with Crippen LogP contribution in [-0.4, -0.2) is 52.9 Å². The van der Waals surface area contributed by atoms with Gasteiger partial charge in [-0.15, -0.1) is 0 Å². The van der Waals surface area contributed by atoms with Gasteiger partial charge in [-0.1, -0.05) is 19.8 Å². The largest absolute Gasteiger partial charge is 0.454 e. The van der Waals surface area contributed by atoms with E-state index < -0.39 is 42.1 Å².